The second-order valence-corrected chi connectivity index (χ2v) is 9.53. The van der Waals surface area contributed by atoms with E-state index in [1.807, 2.05) is 0 Å². The van der Waals surface area contributed by atoms with Crippen molar-refractivity contribution in [2.45, 2.75) is 36.6 Å². The molecule has 2 saturated carbocycles. The van der Waals surface area contributed by atoms with Crippen LogP contribution in [0.25, 0.3) is 0 Å². The van der Waals surface area contributed by atoms with Crippen LogP contribution < -0.4 is 15.2 Å². The van der Waals surface area contributed by atoms with E-state index < -0.39 is 27.6 Å². The lowest BCUT2D eigenvalue weighted by atomic mass is 9.87. The number of hydrogen-bond acceptors (Lipinski definition) is 5. The van der Waals surface area contributed by atoms with Gasteiger partial charge < -0.3 is 10.1 Å². The number of nitrogens with one attached hydrogen (secondary N) is 1. The van der Waals surface area contributed by atoms with Gasteiger partial charge in [-0.05, 0) is 49.1 Å². The van der Waals surface area contributed by atoms with E-state index in [1.165, 1.54) is 31.5 Å². The van der Waals surface area contributed by atoms with Gasteiger partial charge in [0.25, 0.3) is 10.0 Å². The van der Waals surface area contributed by atoms with Gasteiger partial charge in [0, 0.05) is 29.4 Å². The van der Waals surface area contributed by atoms with Crippen molar-refractivity contribution in [3.05, 3.63) is 47.7 Å². The van der Waals surface area contributed by atoms with Gasteiger partial charge >= 0.3 is 0 Å². The fourth-order valence-electron chi connectivity index (χ4n) is 4.41. The summed E-state index contributed by atoms with van der Waals surface area (Å²) in [6, 6.07) is 5.15. The Balaban J connectivity index is 1.64. The van der Waals surface area contributed by atoms with Gasteiger partial charge in [-0.3, -0.25) is 4.79 Å². The lowest BCUT2D eigenvalue weighted by molar-refractivity contribution is -0.120. The van der Waals surface area contributed by atoms with Crippen molar-refractivity contribution < 1.29 is 26.7 Å². The number of aromatic nitrogens is 1. The zero-order chi connectivity index (χ0) is 21.7. The number of halogens is 2. The number of methoxy groups -OCH3 is 1. The monoisotopic (exact) mass is 437 g/mol. The highest BCUT2D eigenvalue weighted by Gasteiger charge is 2.55. The molecule has 1 heterocycles. The zero-order valence-corrected chi connectivity index (χ0v) is 17.0. The van der Waals surface area contributed by atoms with Crippen molar-refractivity contribution in [2.75, 3.05) is 12.4 Å². The first-order valence-corrected chi connectivity index (χ1v) is 11.0. The van der Waals surface area contributed by atoms with E-state index in [0.29, 0.717) is 18.4 Å². The van der Waals surface area contributed by atoms with Crippen LogP contribution in [0.1, 0.15) is 37.2 Å². The Morgan fingerprint density at radius 3 is 2.63 bits per heavy atom. The fourth-order valence-corrected chi connectivity index (χ4v) is 4.91. The molecule has 3 N–H and O–H groups in total. The quantitative estimate of drug-likeness (QED) is 0.747. The molecule has 1 aromatic heterocycles. The van der Waals surface area contributed by atoms with Gasteiger partial charge in [-0.15, -0.1) is 0 Å². The molecule has 0 bridgehead atoms. The van der Waals surface area contributed by atoms with Crippen LogP contribution in [0.3, 0.4) is 0 Å². The second kappa shape index (κ2) is 7.28. The molecule has 30 heavy (non-hydrogen) atoms. The molecule has 2 atom stereocenters. The number of carbonyl (C=O) groups excluding carboxylic acids is 1. The largest absolute Gasteiger partial charge is 0.493 e. The number of hydrogen-bond donors (Lipinski definition) is 2. The number of carbonyl (C=O) groups is 1. The van der Waals surface area contributed by atoms with Gasteiger partial charge in [0.05, 0.1) is 7.11 Å². The molecule has 4 rings (SSSR count). The predicted molar refractivity (Wildman–Crippen MR) is 104 cm³/mol. The summed E-state index contributed by atoms with van der Waals surface area (Å²) in [5, 5.41) is 7.46. The zero-order valence-electron chi connectivity index (χ0n) is 16.2. The van der Waals surface area contributed by atoms with E-state index in [0.717, 1.165) is 18.9 Å². The van der Waals surface area contributed by atoms with Gasteiger partial charge in [-0.2, -0.15) is 4.39 Å². The molecule has 2 fully saturated rings. The van der Waals surface area contributed by atoms with E-state index in [-0.39, 0.29) is 33.7 Å². The molecule has 1 amide bonds. The third-order valence-electron chi connectivity index (χ3n) is 6.06. The number of rotatable bonds is 5. The first-order valence-electron chi connectivity index (χ1n) is 9.45. The molecule has 0 aliphatic heterocycles. The minimum atomic E-state index is -4.02. The Morgan fingerprint density at radius 2 is 2.00 bits per heavy atom. The second-order valence-electron chi connectivity index (χ2n) is 8.02. The number of ether oxygens (including phenoxy) is 1. The Kier molecular flexibility index (Phi) is 5.01. The molecule has 0 saturated heterocycles. The van der Waals surface area contributed by atoms with Crippen LogP contribution in [0, 0.1) is 23.0 Å². The van der Waals surface area contributed by atoms with E-state index in [2.05, 4.69) is 10.3 Å². The van der Waals surface area contributed by atoms with Crippen molar-refractivity contribution in [1.29, 1.82) is 0 Å². The maximum Gasteiger partial charge on any atom is 0.255 e. The van der Waals surface area contributed by atoms with Crippen molar-refractivity contribution in [1.82, 2.24) is 4.98 Å². The normalized spacial score (nSPS) is 22.1. The van der Waals surface area contributed by atoms with Gasteiger partial charge in [-0.25, -0.2) is 22.9 Å². The van der Waals surface area contributed by atoms with Gasteiger partial charge in [-0.1, -0.05) is 6.07 Å². The maximum atomic E-state index is 14.3. The molecule has 0 unspecified atom stereocenters. The van der Waals surface area contributed by atoms with Crippen molar-refractivity contribution in [3.63, 3.8) is 0 Å². The summed E-state index contributed by atoms with van der Waals surface area (Å²) in [6.07, 6.45) is 4.47. The summed E-state index contributed by atoms with van der Waals surface area (Å²) < 4.78 is 56.1. The Morgan fingerprint density at radius 1 is 1.27 bits per heavy atom. The summed E-state index contributed by atoms with van der Waals surface area (Å²) in [6.45, 7) is 0. The van der Waals surface area contributed by atoms with Crippen LogP contribution in [-0.4, -0.2) is 26.4 Å². The molecule has 7 nitrogen and oxygen atoms in total. The van der Waals surface area contributed by atoms with Gasteiger partial charge in [0.1, 0.15) is 0 Å². The van der Waals surface area contributed by atoms with Crippen LogP contribution in [0.5, 0.6) is 5.75 Å². The maximum absolute atomic E-state index is 14.3. The molecule has 1 spiro atoms. The summed E-state index contributed by atoms with van der Waals surface area (Å²) in [5.41, 5.74) is 0.721. The van der Waals surface area contributed by atoms with Crippen molar-refractivity contribution in [2.24, 2.45) is 16.5 Å². The minimum Gasteiger partial charge on any atom is -0.493 e. The number of primary sulfonamides is 1. The van der Waals surface area contributed by atoms with Gasteiger partial charge in [0.2, 0.25) is 11.7 Å². The summed E-state index contributed by atoms with van der Waals surface area (Å²) in [4.78, 5) is 16.8. The predicted octanol–water partition coefficient (Wildman–Crippen LogP) is 2.93. The lowest BCUT2D eigenvalue weighted by Crippen LogP contribution is -2.26. The van der Waals surface area contributed by atoms with Crippen LogP contribution in [-0.2, 0) is 14.8 Å². The molecule has 0 radical (unpaired) electrons. The summed E-state index contributed by atoms with van der Waals surface area (Å²) in [5.74, 6) is -3.45. The third-order valence-corrected chi connectivity index (χ3v) is 6.87. The number of sulfonamides is 1. The Bertz CT molecular complexity index is 1120. The third kappa shape index (κ3) is 3.77. The first kappa shape index (κ1) is 20.7. The highest BCUT2D eigenvalue weighted by Crippen LogP contribution is 2.64. The lowest BCUT2D eigenvalue weighted by Gasteiger charge is -2.22. The highest BCUT2D eigenvalue weighted by molar-refractivity contribution is 7.89. The minimum absolute atomic E-state index is 0.0204. The number of pyridine rings is 1. The summed E-state index contributed by atoms with van der Waals surface area (Å²) in [7, 11) is -2.75. The van der Waals surface area contributed by atoms with Crippen LogP contribution in [0.15, 0.2) is 35.5 Å². The number of benzene rings is 1. The van der Waals surface area contributed by atoms with Crippen LogP contribution in [0.4, 0.5) is 14.5 Å². The van der Waals surface area contributed by atoms with Crippen molar-refractivity contribution in [3.8, 4) is 5.75 Å². The molecular formula is C20H21F2N3O4S. The number of anilines is 1. The summed E-state index contributed by atoms with van der Waals surface area (Å²) >= 11 is 0. The van der Waals surface area contributed by atoms with Crippen LogP contribution in [0.2, 0.25) is 0 Å². The van der Waals surface area contributed by atoms with E-state index in [1.54, 1.807) is 0 Å². The Hall–Kier alpha value is -2.59. The van der Waals surface area contributed by atoms with Gasteiger partial charge in [0.15, 0.2) is 16.6 Å². The van der Waals surface area contributed by atoms with E-state index in [9.17, 15) is 22.0 Å². The van der Waals surface area contributed by atoms with E-state index >= 15 is 0 Å². The Labute approximate surface area is 172 Å². The smallest absolute Gasteiger partial charge is 0.255 e. The fraction of sp³-hybridized carbons (Fsp3) is 0.400. The number of nitrogens with zero attached hydrogens (tertiary/aromatic N) is 1. The average Bonchev–Trinajstić information content (AvgIpc) is 3.34. The van der Waals surface area contributed by atoms with E-state index in [4.69, 9.17) is 9.88 Å². The topological polar surface area (TPSA) is 111 Å². The average molecular weight is 437 g/mol. The molecule has 160 valence electrons. The molecule has 1 aromatic carbocycles. The molecule has 2 aliphatic carbocycles. The standard InChI is InChI=1S/C20H21F2N3O4S/c1-29-18-12(2-3-15(21)17(18)22)13-9-20(5-6-20)10-14(13)19(26)25-11-4-7-24-16(8-11)30(23,27)28/h2-4,7-8,13-14H,5-6,9-10H2,1H3,(H2,23,27,28)(H,24,25,26)/t13-,14+/m0/s1. The molecule has 2 aromatic rings. The molecule has 10 heteroatoms. The first-order chi connectivity index (χ1) is 14.1. The molecule has 2 aliphatic rings. The van der Waals surface area contributed by atoms with Crippen LogP contribution >= 0.6 is 0 Å². The SMILES string of the molecule is COc1c([C@@H]2CC3(CC3)C[C@H]2C(=O)Nc2ccnc(S(N)(=O)=O)c2)ccc(F)c1F. The number of amides is 1. The highest BCUT2D eigenvalue weighted by atomic mass is 32.2. The molecular weight excluding hydrogens is 416 g/mol. The number of nitrogens with two attached hydrogens (primary N) is 1. The van der Waals surface area contributed by atoms with Crippen molar-refractivity contribution >= 4 is 21.6 Å².